The van der Waals surface area contributed by atoms with Crippen LogP contribution in [-0.4, -0.2) is 15.9 Å². The van der Waals surface area contributed by atoms with Gasteiger partial charge in [0, 0.05) is 5.69 Å². The number of carbonyl (C=O) groups is 1. The van der Waals surface area contributed by atoms with Crippen molar-refractivity contribution < 1.29 is 9.18 Å². The number of halogens is 1. The second kappa shape index (κ2) is 4.56. The Balaban J connectivity index is 2.23. The van der Waals surface area contributed by atoms with Crippen molar-refractivity contribution in [3.05, 3.63) is 48.3 Å². The molecule has 0 fully saturated rings. The Hall–Kier alpha value is -2.50. The highest BCUT2D eigenvalue weighted by Gasteiger charge is 2.11. The number of carbonyl (C=O) groups excluding carboxylic acids is 1. The zero-order chi connectivity index (χ0) is 12.3. The van der Waals surface area contributed by atoms with Gasteiger partial charge in [0.2, 0.25) is 0 Å². The average Bonchev–Trinajstić information content (AvgIpc) is 2.33. The summed E-state index contributed by atoms with van der Waals surface area (Å²) in [6.07, 6.45) is 4.20. The molecule has 5 nitrogen and oxygen atoms in total. The number of hydrogen-bond acceptors (Lipinski definition) is 4. The number of rotatable bonds is 2. The minimum Gasteiger partial charge on any atom is -0.398 e. The Morgan fingerprint density at radius 1 is 1.29 bits per heavy atom. The van der Waals surface area contributed by atoms with E-state index < -0.39 is 11.7 Å². The number of aromatic nitrogens is 2. The molecule has 6 heteroatoms. The van der Waals surface area contributed by atoms with E-state index in [2.05, 4.69) is 15.3 Å². The fourth-order valence-corrected chi connectivity index (χ4v) is 1.29. The first-order chi connectivity index (χ1) is 8.16. The maximum absolute atomic E-state index is 13.0. The van der Waals surface area contributed by atoms with E-state index in [9.17, 15) is 9.18 Å². The van der Waals surface area contributed by atoms with Crippen LogP contribution in [0.4, 0.5) is 15.8 Å². The molecule has 1 heterocycles. The van der Waals surface area contributed by atoms with Gasteiger partial charge < -0.3 is 11.1 Å². The van der Waals surface area contributed by atoms with E-state index in [0.29, 0.717) is 5.69 Å². The predicted octanol–water partition coefficient (Wildman–Crippen LogP) is 1.45. The van der Waals surface area contributed by atoms with Crippen molar-refractivity contribution in [1.82, 2.24) is 9.97 Å². The fraction of sp³-hybridized carbons (Fsp3) is 0. The van der Waals surface area contributed by atoms with Gasteiger partial charge in [0.15, 0.2) is 0 Å². The van der Waals surface area contributed by atoms with Crippen molar-refractivity contribution in [3.63, 3.8) is 0 Å². The summed E-state index contributed by atoms with van der Waals surface area (Å²) in [6, 6.07) is 3.61. The second-order valence-corrected chi connectivity index (χ2v) is 3.31. The lowest BCUT2D eigenvalue weighted by Gasteiger charge is -2.06. The number of nitrogens with two attached hydrogens (primary N) is 1. The second-order valence-electron chi connectivity index (χ2n) is 3.31. The molecule has 86 valence electrons. The van der Waals surface area contributed by atoms with E-state index >= 15 is 0 Å². The highest BCUT2D eigenvalue weighted by molar-refractivity contribution is 6.07. The van der Waals surface area contributed by atoms with Gasteiger partial charge >= 0.3 is 0 Å². The van der Waals surface area contributed by atoms with Crippen molar-refractivity contribution in [1.29, 1.82) is 0 Å². The van der Waals surface area contributed by atoms with Crippen LogP contribution in [0.1, 0.15) is 10.4 Å². The highest BCUT2D eigenvalue weighted by atomic mass is 19.1. The molecule has 0 aliphatic heterocycles. The lowest BCUT2D eigenvalue weighted by molar-refractivity contribution is 0.102. The molecule has 2 rings (SSSR count). The maximum atomic E-state index is 13.0. The number of nitrogens with one attached hydrogen (secondary N) is 1. The number of hydrogen-bond donors (Lipinski definition) is 2. The molecule has 0 spiro atoms. The first kappa shape index (κ1) is 11.0. The summed E-state index contributed by atoms with van der Waals surface area (Å²) in [5.74, 6) is -1.02. The first-order valence-corrected chi connectivity index (χ1v) is 4.78. The molecule has 17 heavy (non-hydrogen) atoms. The average molecular weight is 232 g/mol. The predicted molar refractivity (Wildman–Crippen MR) is 60.8 cm³/mol. The van der Waals surface area contributed by atoms with Crippen LogP contribution < -0.4 is 11.1 Å². The topological polar surface area (TPSA) is 80.9 Å². The van der Waals surface area contributed by atoms with Crippen LogP contribution in [0.25, 0.3) is 0 Å². The van der Waals surface area contributed by atoms with Gasteiger partial charge in [-0.2, -0.15) is 0 Å². The smallest absolute Gasteiger partial charge is 0.257 e. The van der Waals surface area contributed by atoms with Crippen molar-refractivity contribution >= 4 is 17.3 Å². The van der Waals surface area contributed by atoms with Crippen LogP contribution in [0.15, 0.2) is 36.9 Å². The quantitative estimate of drug-likeness (QED) is 0.768. The molecule has 3 N–H and O–H groups in total. The van der Waals surface area contributed by atoms with E-state index in [1.165, 1.54) is 30.9 Å². The van der Waals surface area contributed by atoms with Gasteiger partial charge in [-0.05, 0) is 18.2 Å². The number of benzene rings is 1. The van der Waals surface area contributed by atoms with Gasteiger partial charge in [0.05, 0.1) is 23.6 Å². The molecular weight excluding hydrogens is 223 g/mol. The third-order valence-corrected chi connectivity index (χ3v) is 2.08. The van der Waals surface area contributed by atoms with Gasteiger partial charge in [-0.25, -0.2) is 14.4 Å². The van der Waals surface area contributed by atoms with Crippen LogP contribution in [0.3, 0.4) is 0 Å². The molecule has 0 radical (unpaired) electrons. The Morgan fingerprint density at radius 3 is 2.71 bits per heavy atom. The molecule has 1 amide bonds. The standard InChI is InChI=1S/C11H9FN4O/c12-7-1-2-10(13)9(3-7)11(17)16-8-4-14-6-15-5-8/h1-6H,13H2,(H,16,17). The number of amides is 1. The van der Waals surface area contributed by atoms with Crippen LogP contribution in [0.2, 0.25) is 0 Å². The number of nitrogen functional groups attached to an aromatic ring is 1. The van der Waals surface area contributed by atoms with Crippen LogP contribution in [-0.2, 0) is 0 Å². The maximum Gasteiger partial charge on any atom is 0.257 e. The number of anilines is 2. The minimum atomic E-state index is -0.520. The highest BCUT2D eigenvalue weighted by Crippen LogP contribution is 2.15. The molecule has 1 aromatic heterocycles. The van der Waals surface area contributed by atoms with Crippen molar-refractivity contribution in [2.75, 3.05) is 11.1 Å². The normalized spacial score (nSPS) is 9.94. The van der Waals surface area contributed by atoms with Crippen LogP contribution in [0, 0.1) is 5.82 Å². The zero-order valence-corrected chi connectivity index (χ0v) is 8.72. The lowest BCUT2D eigenvalue weighted by Crippen LogP contribution is -2.14. The van der Waals surface area contributed by atoms with Gasteiger partial charge in [0.1, 0.15) is 12.1 Å². The largest absolute Gasteiger partial charge is 0.398 e. The summed E-state index contributed by atoms with van der Waals surface area (Å²) in [5, 5.41) is 2.52. The number of nitrogens with zero attached hydrogens (tertiary/aromatic N) is 2. The molecular formula is C11H9FN4O. The molecule has 0 unspecified atom stereocenters. The fourth-order valence-electron chi connectivity index (χ4n) is 1.29. The van der Waals surface area contributed by atoms with Gasteiger partial charge in [-0.1, -0.05) is 0 Å². The van der Waals surface area contributed by atoms with Crippen LogP contribution >= 0.6 is 0 Å². The third-order valence-electron chi connectivity index (χ3n) is 2.08. The Labute approximate surface area is 96.5 Å². The van der Waals surface area contributed by atoms with E-state index in [-0.39, 0.29) is 11.3 Å². The Kier molecular flexibility index (Phi) is 2.95. The molecule has 0 bridgehead atoms. The van der Waals surface area contributed by atoms with Gasteiger partial charge in [0.25, 0.3) is 5.91 Å². The molecule has 0 atom stereocenters. The summed E-state index contributed by atoms with van der Waals surface area (Å²) in [6.45, 7) is 0. The molecule has 2 aromatic rings. The summed E-state index contributed by atoms with van der Waals surface area (Å²) in [5.41, 5.74) is 6.29. The summed E-state index contributed by atoms with van der Waals surface area (Å²) in [4.78, 5) is 19.3. The first-order valence-electron chi connectivity index (χ1n) is 4.78. The SMILES string of the molecule is Nc1ccc(F)cc1C(=O)Nc1cncnc1. The Bertz CT molecular complexity index is 544. The lowest BCUT2D eigenvalue weighted by atomic mass is 10.1. The molecule has 0 saturated carbocycles. The monoisotopic (exact) mass is 232 g/mol. The van der Waals surface area contributed by atoms with E-state index in [1.807, 2.05) is 0 Å². The molecule has 0 aliphatic rings. The molecule has 1 aromatic carbocycles. The summed E-state index contributed by atoms with van der Waals surface area (Å²) in [7, 11) is 0. The zero-order valence-electron chi connectivity index (χ0n) is 8.72. The van der Waals surface area contributed by atoms with E-state index in [4.69, 9.17) is 5.73 Å². The van der Waals surface area contributed by atoms with Gasteiger partial charge in [-0.15, -0.1) is 0 Å². The Morgan fingerprint density at radius 2 is 2.00 bits per heavy atom. The van der Waals surface area contributed by atoms with E-state index in [1.54, 1.807) is 0 Å². The van der Waals surface area contributed by atoms with Crippen molar-refractivity contribution in [3.8, 4) is 0 Å². The molecule has 0 aliphatic carbocycles. The molecule has 0 saturated heterocycles. The third kappa shape index (κ3) is 2.54. The summed E-state index contributed by atoms with van der Waals surface area (Å²) < 4.78 is 13.0. The van der Waals surface area contributed by atoms with Gasteiger partial charge in [-0.3, -0.25) is 4.79 Å². The minimum absolute atomic E-state index is 0.0776. The summed E-state index contributed by atoms with van der Waals surface area (Å²) >= 11 is 0. The van der Waals surface area contributed by atoms with Crippen LogP contribution in [0.5, 0.6) is 0 Å². The van der Waals surface area contributed by atoms with Crippen molar-refractivity contribution in [2.45, 2.75) is 0 Å². The van der Waals surface area contributed by atoms with Crippen molar-refractivity contribution in [2.24, 2.45) is 0 Å². The van der Waals surface area contributed by atoms with E-state index in [0.717, 1.165) is 6.07 Å².